The van der Waals surface area contributed by atoms with E-state index in [1.54, 1.807) is 18.6 Å². The summed E-state index contributed by atoms with van der Waals surface area (Å²) in [5.41, 5.74) is 1.63. The molecule has 0 saturated carbocycles. The van der Waals surface area contributed by atoms with Crippen LogP contribution >= 0.6 is 0 Å². The van der Waals surface area contributed by atoms with Crippen molar-refractivity contribution in [1.29, 1.82) is 5.26 Å². The van der Waals surface area contributed by atoms with Gasteiger partial charge < -0.3 is 10.1 Å². The van der Waals surface area contributed by atoms with Gasteiger partial charge in [0, 0.05) is 18.9 Å². The van der Waals surface area contributed by atoms with Gasteiger partial charge in [-0.2, -0.15) is 5.26 Å². The van der Waals surface area contributed by atoms with Crippen LogP contribution in [-0.2, 0) is 4.74 Å². The number of pyridine rings is 1. The zero-order valence-corrected chi connectivity index (χ0v) is 11.5. The highest BCUT2D eigenvalue weighted by Gasteiger charge is 2.06. The average Bonchev–Trinajstić information content (AvgIpc) is 2.44. The second-order valence-corrected chi connectivity index (χ2v) is 4.11. The lowest BCUT2D eigenvalue weighted by molar-refractivity contribution is 0.306. The molecule has 0 bridgehead atoms. The van der Waals surface area contributed by atoms with Gasteiger partial charge in [0.25, 0.3) is 0 Å². The molecule has 1 aromatic rings. The van der Waals surface area contributed by atoms with E-state index in [1.807, 2.05) is 13.0 Å². The second kappa shape index (κ2) is 8.92. The van der Waals surface area contributed by atoms with E-state index in [2.05, 4.69) is 22.2 Å². The highest BCUT2D eigenvalue weighted by atomic mass is 16.5. The number of aliphatic imine (C=N–C) groups is 1. The van der Waals surface area contributed by atoms with Crippen LogP contribution in [0.3, 0.4) is 0 Å². The Morgan fingerprint density at radius 3 is 2.95 bits per heavy atom. The third-order valence-electron chi connectivity index (χ3n) is 2.44. The summed E-state index contributed by atoms with van der Waals surface area (Å²) < 4.78 is 5.46. The molecule has 0 radical (unpaired) electrons. The average molecular weight is 260 g/mol. The Morgan fingerprint density at radius 2 is 2.26 bits per heavy atom. The highest BCUT2D eigenvalue weighted by molar-refractivity contribution is 5.95. The molecule has 0 spiro atoms. The van der Waals surface area contributed by atoms with Crippen LogP contribution in [0.4, 0.5) is 5.69 Å². The summed E-state index contributed by atoms with van der Waals surface area (Å²) in [6, 6.07) is 1.90. The number of ether oxygens (including phenoxy) is 1. The smallest absolute Gasteiger partial charge is 0.233 e. The van der Waals surface area contributed by atoms with Crippen molar-refractivity contribution in [3.05, 3.63) is 24.0 Å². The first-order chi connectivity index (χ1) is 9.31. The standard InChI is InChI=1S/C14H20N4O/c1-3-5-6-17-13-8-12(9-16-10-13)14(18-11-15)19-7-4-2/h8-10,17H,3-7H2,1-2H3/b18-14-. The Balaban J connectivity index is 2.77. The lowest BCUT2D eigenvalue weighted by atomic mass is 10.2. The van der Waals surface area contributed by atoms with Gasteiger partial charge in [-0.3, -0.25) is 4.98 Å². The number of nitrogens with zero attached hydrogens (tertiary/aromatic N) is 3. The molecule has 0 amide bonds. The fourth-order valence-electron chi connectivity index (χ4n) is 1.49. The third-order valence-corrected chi connectivity index (χ3v) is 2.44. The van der Waals surface area contributed by atoms with Crippen LogP contribution in [0, 0.1) is 11.5 Å². The molecular weight excluding hydrogens is 240 g/mol. The maximum Gasteiger partial charge on any atom is 0.233 e. The summed E-state index contributed by atoms with van der Waals surface area (Å²) >= 11 is 0. The first-order valence-electron chi connectivity index (χ1n) is 6.60. The van der Waals surface area contributed by atoms with E-state index < -0.39 is 0 Å². The molecule has 0 aliphatic rings. The normalized spacial score (nSPS) is 10.9. The van der Waals surface area contributed by atoms with E-state index in [4.69, 9.17) is 10.00 Å². The molecule has 0 atom stereocenters. The van der Waals surface area contributed by atoms with Crippen molar-refractivity contribution >= 4 is 11.6 Å². The molecule has 5 heteroatoms. The molecule has 0 unspecified atom stereocenters. The third kappa shape index (κ3) is 5.38. The molecule has 5 nitrogen and oxygen atoms in total. The van der Waals surface area contributed by atoms with Gasteiger partial charge in [-0.25, -0.2) is 0 Å². The predicted octanol–water partition coefficient (Wildman–Crippen LogP) is 2.95. The molecule has 102 valence electrons. The summed E-state index contributed by atoms with van der Waals surface area (Å²) in [6.07, 6.45) is 8.28. The van der Waals surface area contributed by atoms with Crippen LogP contribution in [0.2, 0.25) is 0 Å². The lowest BCUT2D eigenvalue weighted by Gasteiger charge is -2.09. The molecule has 0 aliphatic carbocycles. The van der Waals surface area contributed by atoms with Crippen molar-refractivity contribution in [3.8, 4) is 6.19 Å². The summed E-state index contributed by atoms with van der Waals surface area (Å²) in [6.45, 7) is 5.59. The first kappa shape index (κ1) is 15.0. The van der Waals surface area contributed by atoms with Gasteiger partial charge in [0.1, 0.15) is 0 Å². The van der Waals surface area contributed by atoms with Crippen LogP contribution in [0.25, 0.3) is 0 Å². The summed E-state index contributed by atoms with van der Waals surface area (Å²) in [7, 11) is 0. The van der Waals surface area contributed by atoms with E-state index in [0.717, 1.165) is 37.1 Å². The maximum absolute atomic E-state index is 8.69. The van der Waals surface area contributed by atoms with Crippen LogP contribution in [0.5, 0.6) is 0 Å². The predicted molar refractivity (Wildman–Crippen MR) is 76.0 cm³/mol. The monoisotopic (exact) mass is 260 g/mol. The van der Waals surface area contributed by atoms with Crippen molar-refractivity contribution < 1.29 is 4.74 Å². The maximum atomic E-state index is 8.69. The van der Waals surface area contributed by atoms with Crippen LogP contribution in [-0.4, -0.2) is 24.0 Å². The second-order valence-electron chi connectivity index (χ2n) is 4.11. The van der Waals surface area contributed by atoms with Crippen LogP contribution < -0.4 is 5.32 Å². The quantitative estimate of drug-likeness (QED) is 0.354. The Bertz CT molecular complexity index is 451. The van der Waals surface area contributed by atoms with Crippen LogP contribution in [0.1, 0.15) is 38.7 Å². The van der Waals surface area contributed by atoms with E-state index in [0.29, 0.717) is 12.5 Å². The number of hydrogen-bond acceptors (Lipinski definition) is 5. The summed E-state index contributed by atoms with van der Waals surface area (Å²) in [4.78, 5) is 7.84. The molecule has 19 heavy (non-hydrogen) atoms. The van der Waals surface area contributed by atoms with E-state index >= 15 is 0 Å². The molecule has 1 heterocycles. The zero-order valence-electron chi connectivity index (χ0n) is 11.5. The SMILES string of the molecule is CCCCNc1cncc(/C(=N/C#N)OCCC)c1. The van der Waals surface area contributed by atoms with Gasteiger partial charge in [0.2, 0.25) is 12.1 Å². The molecular formula is C14H20N4O. The van der Waals surface area contributed by atoms with E-state index in [-0.39, 0.29) is 0 Å². The number of rotatable bonds is 7. The molecule has 1 rings (SSSR count). The number of anilines is 1. The number of unbranched alkanes of at least 4 members (excludes halogenated alkanes) is 1. The fourth-order valence-corrected chi connectivity index (χ4v) is 1.49. The fraction of sp³-hybridized carbons (Fsp3) is 0.500. The molecule has 1 aromatic heterocycles. The van der Waals surface area contributed by atoms with Gasteiger partial charge in [0.15, 0.2) is 0 Å². The topological polar surface area (TPSA) is 70.3 Å². The van der Waals surface area contributed by atoms with Gasteiger partial charge in [-0.05, 0) is 18.9 Å². The summed E-state index contributed by atoms with van der Waals surface area (Å²) in [5.74, 6) is 0.330. The summed E-state index contributed by atoms with van der Waals surface area (Å²) in [5, 5.41) is 12.0. The minimum absolute atomic E-state index is 0.330. The molecule has 0 saturated heterocycles. The van der Waals surface area contributed by atoms with E-state index in [9.17, 15) is 0 Å². The van der Waals surface area contributed by atoms with Crippen molar-refractivity contribution in [3.63, 3.8) is 0 Å². The van der Waals surface area contributed by atoms with Crippen LogP contribution in [0.15, 0.2) is 23.5 Å². The Morgan fingerprint density at radius 1 is 1.42 bits per heavy atom. The van der Waals surface area contributed by atoms with Crippen molar-refractivity contribution in [1.82, 2.24) is 4.98 Å². The largest absolute Gasteiger partial charge is 0.477 e. The van der Waals surface area contributed by atoms with Gasteiger partial charge in [-0.15, -0.1) is 4.99 Å². The van der Waals surface area contributed by atoms with Gasteiger partial charge >= 0.3 is 0 Å². The number of aromatic nitrogens is 1. The molecule has 0 aliphatic heterocycles. The Hall–Kier alpha value is -2.09. The van der Waals surface area contributed by atoms with Gasteiger partial charge in [0.05, 0.1) is 17.9 Å². The van der Waals surface area contributed by atoms with Crippen molar-refractivity contribution in [2.45, 2.75) is 33.1 Å². The minimum Gasteiger partial charge on any atom is -0.477 e. The number of nitriles is 1. The lowest BCUT2D eigenvalue weighted by Crippen LogP contribution is -2.09. The zero-order chi connectivity index (χ0) is 13.9. The highest BCUT2D eigenvalue weighted by Crippen LogP contribution is 2.11. The van der Waals surface area contributed by atoms with Crippen molar-refractivity contribution in [2.75, 3.05) is 18.5 Å². The van der Waals surface area contributed by atoms with Crippen molar-refractivity contribution in [2.24, 2.45) is 4.99 Å². The minimum atomic E-state index is 0.330. The first-order valence-corrected chi connectivity index (χ1v) is 6.60. The molecule has 0 aromatic carbocycles. The van der Waals surface area contributed by atoms with E-state index in [1.165, 1.54) is 0 Å². The molecule has 0 fully saturated rings. The Labute approximate surface area is 114 Å². The Kier molecular flexibility index (Phi) is 7.03. The number of hydrogen-bond donors (Lipinski definition) is 1. The van der Waals surface area contributed by atoms with Gasteiger partial charge in [-0.1, -0.05) is 20.3 Å². The molecule has 1 N–H and O–H groups in total. The number of nitrogens with one attached hydrogen (secondary N) is 1.